The molecule has 0 heterocycles. The van der Waals surface area contributed by atoms with Crippen molar-refractivity contribution in [2.45, 2.75) is 11.9 Å². The molecule has 0 aromatic carbocycles. The Morgan fingerprint density at radius 2 is 1.67 bits per heavy atom. The first-order valence-electron chi connectivity index (χ1n) is 3.45. The Morgan fingerprint density at radius 1 is 1.17 bits per heavy atom. The Kier molecular flexibility index (Phi) is 5.31. The molecule has 0 aromatic rings. The van der Waals surface area contributed by atoms with Crippen LogP contribution in [0.3, 0.4) is 0 Å². The van der Waals surface area contributed by atoms with E-state index in [-0.39, 0.29) is 6.61 Å². The fourth-order valence-electron chi connectivity index (χ4n) is 0.445. The topological polar surface area (TPSA) is 110 Å². The molecule has 0 amide bonds. The first kappa shape index (κ1) is 11.8. The second kappa shape index (κ2) is 5.41. The molecule has 0 fully saturated rings. The van der Waals surface area contributed by atoms with Crippen molar-refractivity contribution in [2.75, 3.05) is 26.4 Å². The van der Waals surface area contributed by atoms with E-state index in [4.69, 9.17) is 25.5 Å². The molecule has 12 heavy (non-hydrogen) atoms. The lowest BCUT2D eigenvalue weighted by Gasteiger charge is -2.24. The van der Waals surface area contributed by atoms with Crippen LogP contribution in [-0.2, 0) is 4.74 Å². The lowest BCUT2D eigenvalue weighted by atomic mass is 10.3. The van der Waals surface area contributed by atoms with Gasteiger partial charge in [0.1, 0.15) is 6.10 Å². The average molecular weight is 182 g/mol. The fourth-order valence-corrected chi connectivity index (χ4v) is 0.445. The highest BCUT2D eigenvalue weighted by molar-refractivity contribution is 4.64. The second-order valence-electron chi connectivity index (χ2n) is 2.41. The molecule has 0 saturated heterocycles. The zero-order chi connectivity index (χ0) is 9.61. The van der Waals surface area contributed by atoms with Crippen LogP contribution in [0, 0.1) is 0 Å². The summed E-state index contributed by atoms with van der Waals surface area (Å²) < 4.78 is 4.53. The number of aliphatic hydroxyl groups is 5. The van der Waals surface area contributed by atoms with E-state index in [0.717, 1.165) is 0 Å². The summed E-state index contributed by atoms with van der Waals surface area (Å²) in [5.41, 5.74) is 0. The van der Waals surface area contributed by atoms with Crippen molar-refractivity contribution >= 4 is 0 Å². The maximum Gasteiger partial charge on any atom is 0.213 e. The molecule has 0 bridgehead atoms. The number of hydrogen-bond acceptors (Lipinski definition) is 6. The lowest BCUT2D eigenvalue weighted by Crippen LogP contribution is -2.42. The monoisotopic (exact) mass is 182 g/mol. The summed E-state index contributed by atoms with van der Waals surface area (Å²) in [6.45, 7) is -2.41. The van der Waals surface area contributed by atoms with E-state index in [9.17, 15) is 0 Å². The SMILES string of the molecule is OCC(O)COC(O)(CO)CO. The fraction of sp³-hybridized carbons (Fsp3) is 1.00. The standard InChI is InChI=1S/C6H14O6/c7-1-5(10)2-12-6(11,3-8)4-9/h5,7-11H,1-4H2. The minimum absolute atomic E-state index is 0.353. The van der Waals surface area contributed by atoms with Gasteiger partial charge in [0.15, 0.2) is 0 Å². The molecule has 1 atom stereocenters. The molecular formula is C6H14O6. The van der Waals surface area contributed by atoms with E-state index in [1.807, 2.05) is 0 Å². The highest BCUT2D eigenvalue weighted by Crippen LogP contribution is 2.04. The van der Waals surface area contributed by atoms with Gasteiger partial charge in [-0.2, -0.15) is 0 Å². The summed E-state index contributed by atoms with van der Waals surface area (Å²) in [6, 6.07) is 0. The zero-order valence-electron chi connectivity index (χ0n) is 6.55. The molecule has 0 radical (unpaired) electrons. The van der Waals surface area contributed by atoms with Crippen molar-refractivity contribution in [1.82, 2.24) is 0 Å². The molecule has 0 saturated carbocycles. The predicted molar refractivity (Wildman–Crippen MR) is 38.2 cm³/mol. The quantitative estimate of drug-likeness (QED) is 0.280. The van der Waals surface area contributed by atoms with Crippen LogP contribution >= 0.6 is 0 Å². The molecule has 1 unspecified atom stereocenters. The molecular weight excluding hydrogens is 168 g/mol. The van der Waals surface area contributed by atoms with Gasteiger partial charge in [0, 0.05) is 0 Å². The van der Waals surface area contributed by atoms with Crippen LogP contribution in [0.5, 0.6) is 0 Å². The van der Waals surface area contributed by atoms with Gasteiger partial charge in [0.2, 0.25) is 5.79 Å². The molecule has 0 aromatic heterocycles. The minimum atomic E-state index is -2.05. The van der Waals surface area contributed by atoms with E-state index in [2.05, 4.69) is 4.74 Å². The van der Waals surface area contributed by atoms with Crippen molar-refractivity contribution in [3.8, 4) is 0 Å². The summed E-state index contributed by atoms with van der Waals surface area (Å²) >= 11 is 0. The number of hydrogen-bond donors (Lipinski definition) is 5. The van der Waals surface area contributed by atoms with Crippen LogP contribution in [0.1, 0.15) is 0 Å². The first-order valence-corrected chi connectivity index (χ1v) is 3.45. The van der Waals surface area contributed by atoms with Gasteiger partial charge in [-0.05, 0) is 0 Å². The van der Waals surface area contributed by atoms with Gasteiger partial charge in [-0.3, -0.25) is 0 Å². The van der Waals surface area contributed by atoms with Crippen molar-refractivity contribution in [3.63, 3.8) is 0 Å². The van der Waals surface area contributed by atoms with Crippen molar-refractivity contribution in [3.05, 3.63) is 0 Å². The second-order valence-corrected chi connectivity index (χ2v) is 2.41. The van der Waals surface area contributed by atoms with Gasteiger partial charge in [0.25, 0.3) is 0 Å². The number of ether oxygens (including phenoxy) is 1. The highest BCUT2D eigenvalue weighted by atomic mass is 16.6. The molecule has 0 aliphatic heterocycles. The van der Waals surface area contributed by atoms with Gasteiger partial charge in [0.05, 0.1) is 26.4 Å². The lowest BCUT2D eigenvalue weighted by molar-refractivity contribution is -0.252. The van der Waals surface area contributed by atoms with E-state index in [0.29, 0.717) is 0 Å². The molecule has 0 aliphatic rings. The number of aliphatic hydroxyl groups excluding tert-OH is 4. The van der Waals surface area contributed by atoms with E-state index >= 15 is 0 Å². The number of rotatable bonds is 6. The molecule has 0 aliphatic carbocycles. The Balaban J connectivity index is 3.72. The van der Waals surface area contributed by atoms with Crippen LogP contribution in [0.15, 0.2) is 0 Å². The maximum absolute atomic E-state index is 9.06. The van der Waals surface area contributed by atoms with Crippen LogP contribution in [0.25, 0.3) is 0 Å². The van der Waals surface area contributed by atoms with Gasteiger partial charge >= 0.3 is 0 Å². The Hall–Kier alpha value is -0.240. The summed E-state index contributed by atoms with van der Waals surface area (Å²) in [5, 5.41) is 43.1. The van der Waals surface area contributed by atoms with Gasteiger partial charge < -0.3 is 30.3 Å². The van der Waals surface area contributed by atoms with Crippen molar-refractivity contribution < 1.29 is 30.3 Å². The molecule has 6 nitrogen and oxygen atoms in total. The van der Waals surface area contributed by atoms with E-state index in [1.165, 1.54) is 0 Å². The third-order valence-corrected chi connectivity index (χ3v) is 1.25. The van der Waals surface area contributed by atoms with E-state index < -0.39 is 31.7 Å². The highest BCUT2D eigenvalue weighted by Gasteiger charge is 2.26. The third-order valence-electron chi connectivity index (χ3n) is 1.25. The Bertz CT molecular complexity index is 113. The Morgan fingerprint density at radius 3 is 2.00 bits per heavy atom. The molecule has 74 valence electrons. The van der Waals surface area contributed by atoms with Crippen molar-refractivity contribution in [1.29, 1.82) is 0 Å². The van der Waals surface area contributed by atoms with Crippen LogP contribution in [0.2, 0.25) is 0 Å². The third kappa shape index (κ3) is 3.96. The molecule has 0 spiro atoms. The minimum Gasteiger partial charge on any atom is -0.394 e. The summed E-state index contributed by atoms with van der Waals surface area (Å²) in [4.78, 5) is 0. The van der Waals surface area contributed by atoms with Crippen molar-refractivity contribution in [2.24, 2.45) is 0 Å². The van der Waals surface area contributed by atoms with E-state index in [1.54, 1.807) is 0 Å². The largest absolute Gasteiger partial charge is 0.394 e. The smallest absolute Gasteiger partial charge is 0.213 e. The van der Waals surface area contributed by atoms with Crippen LogP contribution in [-0.4, -0.2) is 63.9 Å². The summed E-state index contributed by atoms with van der Waals surface area (Å²) in [5.74, 6) is -2.05. The Labute approximate surface area is 69.6 Å². The zero-order valence-corrected chi connectivity index (χ0v) is 6.55. The normalized spacial score (nSPS) is 14.8. The van der Waals surface area contributed by atoms with Gasteiger partial charge in [-0.1, -0.05) is 0 Å². The van der Waals surface area contributed by atoms with Crippen LogP contribution in [0.4, 0.5) is 0 Å². The van der Waals surface area contributed by atoms with Crippen LogP contribution < -0.4 is 0 Å². The average Bonchev–Trinajstić information content (AvgIpc) is 2.13. The summed E-state index contributed by atoms with van der Waals surface area (Å²) in [7, 11) is 0. The van der Waals surface area contributed by atoms with Gasteiger partial charge in [-0.15, -0.1) is 0 Å². The molecule has 5 N–H and O–H groups in total. The molecule has 6 heteroatoms. The predicted octanol–water partition coefficient (Wildman–Crippen LogP) is -2.97. The van der Waals surface area contributed by atoms with Gasteiger partial charge in [-0.25, -0.2) is 0 Å². The first-order chi connectivity index (χ1) is 5.58. The maximum atomic E-state index is 9.06. The summed E-state index contributed by atoms with van der Waals surface area (Å²) in [6.07, 6.45) is -1.13. The molecule has 0 rings (SSSR count).